The number of fused-ring (bicyclic) bond motifs is 1. The second-order valence-corrected chi connectivity index (χ2v) is 6.53. The van der Waals surface area contributed by atoms with Gasteiger partial charge < -0.3 is 10.5 Å². The van der Waals surface area contributed by atoms with E-state index in [1.807, 2.05) is 0 Å². The minimum Gasteiger partial charge on any atom is -0.379 e. The van der Waals surface area contributed by atoms with Crippen molar-refractivity contribution in [2.75, 3.05) is 26.3 Å². The predicted octanol–water partition coefficient (Wildman–Crippen LogP) is 2.15. The van der Waals surface area contributed by atoms with Gasteiger partial charge in [-0.3, -0.25) is 4.90 Å². The third-order valence-corrected chi connectivity index (χ3v) is 5.53. The number of hydrogen-bond donors (Lipinski definition) is 1. The number of rotatable bonds is 2. The molecule has 0 radical (unpaired) electrons. The van der Waals surface area contributed by atoms with Crippen molar-refractivity contribution < 1.29 is 4.74 Å². The van der Waals surface area contributed by atoms with Gasteiger partial charge in [-0.2, -0.15) is 0 Å². The Bertz CT molecular complexity index is 274. The summed E-state index contributed by atoms with van der Waals surface area (Å²) in [6.45, 7) is 3.83. The van der Waals surface area contributed by atoms with Crippen LogP contribution in [0.3, 0.4) is 0 Å². The summed E-state index contributed by atoms with van der Waals surface area (Å²) >= 11 is 0. The Balaban J connectivity index is 1.79. The third-order valence-electron chi connectivity index (χ3n) is 5.53. The van der Waals surface area contributed by atoms with E-state index in [0.29, 0.717) is 0 Å². The minimum absolute atomic E-state index is 0.166. The minimum atomic E-state index is 0.166. The molecular formula is C15H28N2O. The van der Waals surface area contributed by atoms with Gasteiger partial charge in [0.05, 0.1) is 12.1 Å². The van der Waals surface area contributed by atoms with Crippen LogP contribution in [0.2, 0.25) is 0 Å². The molecule has 0 aromatic carbocycles. The summed E-state index contributed by atoms with van der Waals surface area (Å²) < 4.78 is 5.79. The normalized spacial score (nSPS) is 42.5. The number of nitrogens with two attached hydrogens (primary N) is 1. The first kappa shape index (κ1) is 12.9. The molecule has 1 saturated carbocycles. The van der Waals surface area contributed by atoms with Gasteiger partial charge in [0, 0.05) is 19.2 Å². The van der Waals surface area contributed by atoms with Gasteiger partial charge in [0.25, 0.3) is 0 Å². The molecule has 3 heteroatoms. The summed E-state index contributed by atoms with van der Waals surface area (Å²) in [6.07, 6.45) is 10.9. The maximum absolute atomic E-state index is 6.17. The van der Waals surface area contributed by atoms with Crippen LogP contribution in [0.25, 0.3) is 0 Å². The molecule has 0 aromatic rings. The molecule has 3 nitrogen and oxygen atoms in total. The van der Waals surface area contributed by atoms with Crippen molar-refractivity contribution in [3.63, 3.8) is 0 Å². The Hall–Kier alpha value is -0.120. The SMILES string of the molecule is NCC1(N2CCCC3CCCCC32)CCCOC1. The Morgan fingerprint density at radius 3 is 2.72 bits per heavy atom. The zero-order chi connectivity index (χ0) is 12.4. The van der Waals surface area contributed by atoms with Crippen LogP contribution in [0.4, 0.5) is 0 Å². The van der Waals surface area contributed by atoms with Gasteiger partial charge in [-0.1, -0.05) is 12.8 Å². The summed E-state index contributed by atoms with van der Waals surface area (Å²) in [5, 5.41) is 0. The van der Waals surface area contributed by atoms with Crippen LogP contribution < -0.4 is 5.73 Å². The molecule has 3 atom stereocenters. The lowest BCUT2D eigenvalue weighted by Crippen LogP contribution is -2.65. The molecule has 3 fully saturated rings. The van der Waals surface area contributed by atoms with E-state index in [0.717, 1.165) is 31.7 Å². The molecule has 0 spiro atoms. The number of piperidine rings is 1. The third kappa shape index (κ3) is 2.21. The molecule has 1 aliphatic carbocycles. The van der Waals surface area contributed by atoms with E-state index in [-0.39, 0.29) is 5.54 Å². The van der Waals surface area contributed by atoms with Crippen molar-refractivity contribution in [2.24, 2.45) is 11.7 Å². The van der Waals surface area contributed by atoms with Crippen LogP contribution in [-0.4, -0.2) is 42.8 Å². The van der Waals surface area contributed by atoms with Crippen LogP contribution >= 0.6 is 0 Å². The van der Waals surface area contributed by atoms with Crippen LogP contribution in [0.5, 0.6) is 0 Å². The second-order valence-electron chi connectivity index (χ2n) is 6.53. The summed E-state index contributed by atoms with van der Waals surface area (Å²) in [5.74, 6) is 0.942. The van der Waals surface area contributed by atoms with Crippen molar-refractivity contribution in [3.8, 4) is 0 Å². The van der Waals surface area contributed by atoms with Crippen LogP contribution in [0, 0.1) is 5.92 Å². The Kier molecular flexibility index (Phi) is 3.92. The predicted molar refractivity (Wildman–Crippen MR) is 73.5 cm³/mol. The highest BCUT2D eigenvalue weighted by Gasteiger charge is 2.45. The van der Waals surface area contributed by atoms with Crippen molar-refractivity contribution in [1.82, 2.24) is 4.90 Å². The molecule has 2 aliphatic heterocycles. The fourth-order valence-electron chi connectivity index (χ4n) is 4.56. The van der Waals surface area contributed by atoms with E-state index >= 15 is 0 Å². The van der Waals surface area contributed by atoms with Crippen molar-refractivity contribution in [3.05, 3.63) is 0 Å². The van der Waals surface area contributed by atoms with Gasteiger partial charge in [0.2, 0.25) is 0 Å². The topological polar surface area (TPSA) is 38.5 Å². The Morgan fingerprint density at radius 2 is 1.94 bits per heavy atom. The number of ether oxygens (including phenoxy) is 1. The lowest BCUT2D eigenvalue weighted by atomic mass is 9.75. The molecule has 104 valence electrons. The number of hydrogen-bond acceptors (Lipinski definition) is 3. The Labute approximate surface area is 111 Å². The first-order valence-electron chi connectivity index (χ1n) is 7.90. The number of likely N-dealkylation sites (tertiary alicyclic amines) is 1. The van der Waals surface area contributed by atoms with Crippen LogP contribution in [-0.2, 0) is 4.74 Å². The van der Waals surface area contributed by atoms with E-state index in [4.69, 9.17) is 10.5 Å². The quantitative estimate of drug-likeness (QED) is 0.818. The molecule has 3 rings (SSSR count). The monoisotopic (exact) mass is 252 g/mol. The average molecular weight is 252 g/mol. The van der Waals surface area contributed by atoms with Crippen molar-refractivity contribution in [2.45, 2.75) is 62.9 Å². The van der Waals surface area contributed by atoms with E-state index < -0.39 is 0 Å². The molecule has 3 aliphatic rings. The van der Waals surface area contributed by atoms with Gasteiger partial charge in [0.15, 0.2) is 0 Å². The maximum Gasteiger partial charge on any atom is 0.0662 e. The average Bonchev–Trinajstić information content (AvgIpc) is 2.47. The first-order valence-corrected chi connectivity index (χ1v) is 7.90. The van der Waals surface area contributed by atoms with Gasteiger partial charge in [-0.15, -0.1) is 0 Å². The van der Waals surface area contributed by atoms with E-state index in [9.17, 15) is 0 Å². The van der Waals surface area contributed by atoms with Crippen molar-refractivity contribution >= 4 is 0 Å². The fraction of sp³-hybridized carbons (Fsp3) is 1.00. The smallest absolute Gasteiger partial charge is 0.0662 e. The second kappa shape index (κ2) is 5.48. The highest BCUT2D eigenvalue weighted by Crippen LogP contribution is 2.40. The highest BCUT2D eigenvalue weighted by molar-refractivity contribution is 5.00. The van der Waals surface area contributed by atoms with E-state index in [2.05, 4.69) is 4.90 Å². The van der Waals surface area contributed by atoms with E-state index in [1.54, 1.807) is 0 Å². The molecule has 0 amide bonds. The summed E-state index contributed by atoms with van der Waals surface area (Å²) in [7, 11) is 0. The van der Waals surface area contributed by atoms with E-state index in [1.165, 1.54) is 57.9 Å². The molecule has 18 heavy (non-hydrogen) atoms. The molecule has 3 unspecified atom stereocenters. The molecule has 2 heterocycles. The lowest BCUT2D eigenvalue weighted by Gasteiger charge is -2.54. The number of nitrogens with zero attached hydrogens (tertiary/aromatic N) is 1. The van der Waals surface area contributed by atoms with Gasteiger partial charge in [-0.05, 0) is 51.0 Å². The standard InChI is InChI=1S/C15H28N2O/c16-11-15(8-4-10-18-12-15)17-9-3-6-13-5-1-2-7-14(13)17/h13-14H,1-12,16H2. The van der Waals surface area contributed by atoms with Gasteiger partial charge in [0.1, 0.15) is 0 Å². The largest absolute Gasteiger partial charge is 0.379 e. The highest BCUT2D eigenvalue weighted by atomic mass is 16.5. The molecular weight excluding hydrogens is 224 g/mol. The van der Waals surface area contributed by atoms with Crippen molar-refractivity contribution in [1.29, 1.82) is 0 Å². The fourth-order valence-corrected chi connectivity index (χ4v) is 4.56. The molecule has 2 N–H and O–H groups in total. The van der Waals surface area contributed by atoms with Crippen LogP contribution in [0.15, 0.2) is 0 Å². The zero-order valence-electron chi connectivity index (χ0n) is 11.6. The summed E-state index contributed by atoms with van der Waals surface area (Å²) in [4.78, 5) is 2.78. The zero-order valence-corrected chi connectivity index (χ0v) is 11.6. The summed E-state index contributed by atoms with van der Waals surface area (Å²) in [6, 6.07) is 0.803. The van der Waals surface area contributed by atoms with Gasteiger partial charge in [-0.25, -0.2) is 0 Å². The molecule has 0 aromatic heterocycles. The maximum atomic E-state index is 6.17. The van der Waals surface area contributed by atoms with Gasteiger partial charge >= 0.3 is 0 Å². The lowest BCUT2D eigenvalue weighted by molar-refractivity contribution is -0.0937. The van der Waals surface area contributed by atoms with Crippen LogP contribution in [0.1, 0.15) is 51.4 Å². The molecule has 2 saturated heterocycles. The first-order chi connectivity index (χ1) is 8.86. The Morgan fingerprint density at radius 1 is 1.11 bits per heavy atom. The summed E-state index contributed by atoms with van der Waals surface area (Å²) in [5.41, 5.74) is 6.33. The molecule has 0 bridgehead atoms.